The second kappa shape index (κ2) is 8.75. The van der Waals surface area contributed by atoms with E-state index in [-0.39, 0.29) is 24.2 Å². The third-order valence-corrected chi connectivity index (χ3v) is 6.41. The van der Waals surface area contributed by atoms with Crippen molar-refractivity contribution < 1.29 is 19.4 Å². The molecule has 0 radical (unpaired) electrons. The molecule has 0 bridgehead atoms. The molecule has 1 fully saturated rings. The van der Waals surface area contributed by atoms with Gasteiger partial charge in [0.05, 0.1) is 29.9 Å². The first-order chi connectivity index (χ1) is 16.9. The van der Waals surface area contributed by atoms with Crippen LogP contribution in [0.4, 0.5) is 4.79 Å². The standard InChI is InChI=1S/C26H24N4O5/c1-16-13-22-23(27-14-16)30(21-11-12-28(15-21)26(33)34)25(32)29(22)20-9-7-18(8-10-20)17-3-5-19(6-4-17)24(31)35-2/h3-10,13-14,21H,11-12,15H2,1-2H3,(H,33,34). The fourth-order valence-electron chi connectivity index (χ4n) is 4.62. The highest BCUT2D eigenvalue weighted by atomic mass is 16.5. The number of benzene rings is 2. The molecule has 1 N–H and O–H groups in total. The van der Waals surface area contributed by atoms with Crippen LogP contribution in [0.3, 0.4) is 0 Å². The lowest BCUT2D eigenvalue weighted by molar-refractivity contribution is 0.0600. The smallest absolute Gasteiger partial charge is 0.407 e. The largest absolute Gasteiger partial charge is 0.465 e. The Kier molecular flexibility index (Phi) is 5.60. The van der Waals surface area contributed by atoms with E-state index in [0.29, 0.717) is 35.4 Å². The number of likely N-dealkylation sites (tertiary alicyclic amines) is 1. The van der Waals surface area contributed by atoms with E-state index in [1.807, 2.05) is 49.4 Å². The minimum atomic E-state index is -0.983. The number of hydrogen-bond acceptors (Lipinski definition) is 5. The third-order valence-electron chi connectivity index (χ3n) is 6.41. The van der Waals surface area contributed by atoms with Crippen LogP contribution in [0.15, 0.2) is 65.6 Å². The molecule has 1 amide bonds. The SMILES string of the molecule is COC(=O)c1ccc(-c2ccc(-n3c(=O)n(C4CCN(C(=O)O)C4)c4ncc(C)cc43)cc2)cc1. The first-order valence-corrected chi connectivity index (χ1v) is 11.2. The van der Waals surface area contributed by atoms with Crippen molar-refractivity contribution in [3.8, 4) is 16.8 Å². The van der Waals surface area contributed by atoms with Crippen LogP contribution in [-0.2, 0) is 4.74 Å². The number of hydrogen-bond donors (Lipinski definition) is 1. The van der Waals surface area contributed by atoms with E-state index in [1.165, 1.54) is 12.0 Å². The maximum Gasteiger partial charge on any atom is 0.407 e. The minimum absolute atomic E-state index is 0.245. The van der Waals surface area contributed by atoms with Crippen molar-refractivity contribution in [1.29, 1.82) is 0 Å². The van der Waals surface area contributed by atoms with Gasteiger partial charge < -0.3 is 14.7 Å². The molecule has 2 aromatic heterocycles. The van der Waals surface area contributed by atoms with Gasteiger partial charge in [0.25, 0.3) is 0 Å². The zero-order valence-electron chi connectivity index (χ0n) is 19.3. The van der Waals surface area contributed by atoms with Gasteiger partial charge in [-0.3, -0.25) is 9.13 Å². The number of nitrogens with zero attached hydrogens (tertiary/aromatic N) is 4. The van der Waals surface area contributed by atoms with Gasteiger partial charge >= 0.3 is 17.8 Å². The van der Waals surface area contributed by atoms with Gasteiger partial charge in [-0.15, -0.1) is 0 Å². The normalized spacial score (nSPS) is 15.5. The van der Waals surface area contributed by atoms with Gasteiger partial charge in [0, 0.05) is 19.3 Å². The van der Waals surface area contributed by atoms with Gasteiger partial charge in [-0.1, -0.05) is 24.3 Å². The molecule has 0 aliphatic carbocycles. The second-order valence-electron chi connectivity index (χ2n) is 8.63. The highest BCUT2D eigenvalue weighted by Gasteiger charge is 2.31. The number of pyridine rings is 1. The highest BCUT2D eigenvalue weighted by Crippen LogP contribution is 2.27. The van der Waals surface area contributed by atoms with E-state index in [0.717, 1.165) is 16.7 Å². The molecule has 1 unspecified atom stereocenters. The van der Waals surface area contributed by atoms with Gasteiger partial charge in [-0.2, -0.15) is 0 Å². The van der Waals surface area contributed by atoms with Crippen molar-refractivity contribution in [1.82, 2.24) is 19.0 Å². The van der Waals surface area contributed by atoms with Gasteiger partial charge in [-0.25, -0.2) is 19.4 Å². The summed E-state index contributed by atoms with van der Waals surface area (Å²) < 4.78 is 8.00. The fraction of sp³-hybridized carbons (Fsp3) is 0.231. The molecular formula is C26H24N4O5. The van der Waals surface area contributed by atoms with Crippen molar-refractivity contribution in [2.75, 3.05) is 20.2 Å². The van der Waals surface area contributed by atoms with Crippen LogP contribution >= 0.6 is 0 Å². The lowest BCUT2D eigenvalue weighted by Gasteiger charge is -2.13. The number of imidazole rings is 1. The van der Waals surface area contributed by atoms with Gasteiger partial charge in [0.1, 0.15) is 0 Å². The number of fused-ring (bicyclic) bond motifs is 1. The van der Waals surface area contributed by atoms with Crippen LogP contribution < -0.4 is 5.69 Å². The summed E-state index contributed by atoms with van der Waals surface area (Å²) in [6, 6.07) is 16.3. The summed E-state index contributed by atoms with van der Waals surface area (Å²) in [5, 5.41) is 9.35. The van der Waals surface area contributed by atoms with Crippen LogP contribution in [-0.4, -0.2) is 56.4 Å². The molecule has 5 rings (SSSR count). The summed E-state index contributed by atoms with van der Waals surface area (Å²) in [4.78, 5) is 42.6. The van der Waals surface area contributed by atoms with Crippen LogP contribution in [0.25, 0.3) is 28.0 Å². The zero-order valence-corrected chi connectivity index (χ0v) is 19.3. The molecule has 35 heavy (non-hydrogen) atoms. The van der Waals surface area contributed by atoms with E-state index in [9.17, 15) is 19.5 Å². The molecule has 0 saturated carbocycles. The molecule has 1 aliphatic heterocycles. The first-order valence-electron chi connectivity index (χ1n) is 11.2. The number of esters is 1. The van der Waals surface area contributed by atoms with E-state index < -0.39 is 6.09 Å². The van der Waals surface area contributed by atoms with E-state index in [4.69, 9.17) is 4.74 Å². The number of amides is 1. The van der Waals surface area contributed by atoms with Crippen molar-refractivity contribution in [2.45, 2.75) is 19.4 Å². The minimum Gasteiger partial charge on any atom is -0.465 e. The second-order valence-corrected chi connectivity index (χ2v) is 8.63. The van der Waals surface area contributed by atoms with E-state index in [1.54, 1.807) is 27.5 Å². The summed E-state index contributed by atoms with van der Waals surface area (Å²) in [5.41, 5.74) is 4.92. The predicted octanol–water partition coefficient (Wildman–Crippen LogP) is 3.87. The predicted molar refractivity (Wildman–Crippen MR) is 130 cm³/mol. The first kappa shape index (κ1) is 22.4. The number of aryl methyl sites for hydroxylation is 1. The van der Waals surface area contributed by atoms with Crippen molar-refractivity contribution in [2.24, 2.45) is 0 Å². The quantitative estimate of drug-likeness (QED) is 0.452. The van der Waals surface area contributed by atoms with Crippen molar-refractivity contribution in [3.63, 3.8) is 0 Å². The fourth-order valence-corrected chi connectivity index (χ4v) is 4.62. The summed E-state index contributed by atoms with van der Waals surface area (Å²) in [6.45, 7) is 2.56. The zero-order chi connectivity index (χ0) is 24.7. The summed E-state index contributed by atoms with van der Waals surface area (Å²) >= 11 is 0. The van der Waals surface area contributed by atoms with Crippen molar-refractivity contribution in [3.05, 3.63) is 82.4 Å². The topological polar surface area (TPSA) is 107 Å². The lowest BCUT2D eigenvalue weighted by Crippen LogP contribution is -2.31. The Bertz CT molecular complexity index is 1490. The summed E-state index contributed by atoms with van der Waals surface area (Å²) in [5.74, 6) is -0.389. The van der Waals surface area contributed by atoms with Gasteiger partial charge in [0.15, 0.2) is 5.65 Å². The van der Waals surface area contributed by atoms with Crippen LogP contribution in [0.2, 0.25) is 0 Å². The molecule has 1 aliphatic rings. The van der Waals surface area contributed by atoms with Crippen LogP contribution in [0.5, 0.6) is 0 Å². The Labute approximate surface area is 200 Å². The number of carbonyl (C=O) groups excluding carboxylic acids is 1. The van der Waals surface area contributed by atoms with Gasteiger partial charge in [0.2, 0.25) is 0 Å². The molecule has 178 valence electrons. The van der Waals surface area contributed by atoms with Gasteiger partial charge in [-0.05, 0) is 60.4 Å². The highest BCUT2D eigenvalue weighted by molar-refractivity contribution is 5.90. The molecule has 1 atom stereocenters. The Morgan fingerprint density at radius 3 is 2.31 bits per heavy atom. The molecule has 2 aromatic carbocycles. The average Bonchev–Trinajstić information content (AvgIpc) is 3.46. The van der Waals surface area contributed by atoms with E-state index >= 15 is 0 Å². The Morgan fingerprint density at radius 2 is 1.71 bits per heavy atom. The maximum atomic E-state index is 13.6. The molecule has 0 spiro atoms. The summed E-state index contributed by atoms with van der Waals surface area (Å²) in [6.07, 6.45) is 1.29. The maximum absolute atomic E-state index is 13.6. The third kappa shape index (κ3) is 3.95. The molecular weight excluding hydrogens is 448 g/mol. The Morgan fingerprint density at radius 1 is 1.06 bits per heavy atom. The molecule has 1 saturated heterocycles. The summed E-state index contributed by atoms with van der Waals surface area (Å²) in [7, 11) is 1.35. The Balaban J connectivity index is 1.54. The molecule has 3 heterocycles. The molecule has 9 nitrogen and oxygen atoms in total. The number of rotatable bonds is 4. The number of aromatic nitrogens is 3. The average molecular weight is 473 g/mol. The number of ether oxygens (including phenoxy) is 1. The monoisotopic (exact) mass is 472 g/mol. The van der Waals surface area contributed by atoms with Crippen LogP contribution in [0, 0.1) is 6.92 Å². The van der Waals surface area contributed by atoms with Crippen LogP contribution in [0.1, 0.15) is 28.4 Å². The number of methoxy groups -OCH3 is 1. The number of carbonyl (C=O) groups is 2. The number of carboxylic acid groups (broad SMARTS) is 1. The lowest BCUT2D eigenvalue weighted by atomic mass is 10.0. The molecule has 4 aromatic rings. The van der Waals surface area contributed by atoms with E-state index in [2.05, 4.69) is 4.98 Å². The van der Waals surface area contributed by atoms with Crippen molar-refractivity contribution >= 4 is 23.2 Å². The Hall–Kier alpha value is -4.40. The molecule has 9 heteroatoms.